The fourth-order valence-electron chi connectivity index (χ4n) is 2.01. The molecule has 4 nitrogen and oxygen atoms in total. The van der Waals surface area contributed by atoms with Gasteiger partial charge in [-0.2, -0.15) is 0 Å². The Morgan fingerprint density at radius 2 is 1.93 bits per heavy atom. The lowest BCUT2D eigenvalue weighted by atomic mass is 9.95. The van der Waals surface area contributed by atoms with Crippen molar-refractivity contribution < 1.29 is 14.7 Å². The molecule has 0 spiro atoms. The van der Waals surface area contributed by atoms with Crippen molar-refractivity contribution in [2.24, 2.45) is 17.8 Å². The van der Waals surface area contributed by atoms with Gasteiger partial charge in [0.15, 0.2) is 0 Å². The van der Waals surface area contributed by atoms with E-state index in [1.807, 2.05) is 13.8 Å². The van der Waals surface area contributed by atoms with E-state index in [-0.39, 0.29) is 11.8 Å². The van der Waals surface area contributed by atoms with Crippen LogP contribution in [-0.2, 0) is 9.59 Å². The molecule has 1 aliphatic carbocycles. The maximum Gasteiger partial charge on any atom is 0.307 e. The second kappa shape index (κ2) is 5.14. The lowest BCUT2D eigenvalue weighted by Gasteiger charge is -2.16. The molecule has 2 N–H and O–H groups in total. The third kappa shape index (κ3) is 3.22. The van der Waals surface area contributed by atoms with Gasteiger partial charge in [0.05, 0.1) is 11.8 Å². The summed E-state index contributed by atoms with van der Waals surface area (Å²) < 4.78 is 0. The Balaban J connectivity index is 2.47. The van der Waals surface area contributed by atoms with Crippen molar-refractivity contribution in [1.29, 1.82) is 0 Å². The highest BCUT2D eigenvalue weighted by atomic mass is 16.4. The van der Waals surface area contributed by atoms with Gasteiger partial charge >= 0.3 is 5.97 Å². The highest BCUT2D eigenvalue weighted by Gasteiger charge is 2.37. The minimum atomic E-state index is -0.836. The van der Waals surface area contributed by atoms with Crippen LogP contribution in [0.4, 0.5) is 0 Å². The fourth-order valence-corrected chi connectivity index (χ4v) is 2.01. The molecule has 1 amide bonds. The first-order chi connectivity index (χ1) is 7.02. The molecule has 0 unspecified atom stereocenters. The molecular formula is C11H19NO3. The highest BCUT2D eigenvalue weighted by molar-refractivity contribution is 5.85. The molecule has 4 heteroatoms. The van der Waals surface area contributed by atoms with Crippen LogP contribution in [-0.4, -0.2) is 23.5 Å². The quantitative estimate of drug-likeness (QED) is 0.738. The average Bonchev–Trinajstić information content (AvgIpc) is 2.62. The first-order valence-electron chi connectivity index (χ1n) is 5.53. The van der Waals surface area contributed by atoms with Crippen LogP contribution in [0, 0.1) is 17.8 Å². The van der Waals surface area contributed by atoms with Crippen molar-refractivity contribution in [2.75, 3.05) is 6.54 Å². The maximum atomic E-state index is 11.7. The van der Waals surface area contributed by atoms with Gasteiger partial charge in [-0.25, -0.2) is 0 Å². The van der Waals surface area contributed by atoms with E-state index in [0.717, 1.165) is 6.42 Å². The fraction of sp³-hybridized carbons (Fsp3) is 0.818. The minimum absolute atomic E-state index is 0.0893. The Morgan fingerprint density at radius 3 is 2.47 bits per heavy atom. The van der Waals surface area contributed by atoms with Crippen LogP contribution in [0.15, 0.2) is 0 Å². The first-order valence-corrected chi connectivity index (χ1v) is 5.53. The normalized spacial score (nSPS) is 25.5. The first kappa shape index (κ1) is 12.0. The molecule has 0 saturated heterocycles. The molecule has 0 bridgehead atoms. The predicted octanol–water partition coefficient (Wildman–Crippen LogP) is 1.26. The number of carbonyl (C=O) groups excluding carboxylic acids is 1. The Morgan fingerprint density at radius 1 is 1.33 bits per heavy atom. The Hall–Kier alpha value is -1.06. The maximum absolute atomic E-state index is 11.7. The molecule has 0 aromatic heterocycles. The summed E-state index contributed by atoms with van der Waals surface area (Å²) in [7, 11) is 0. The van der Waals surface area contributed by atoms with Gasteiger partial charge in [-0.15, -0.1) is 0 Å². The van der Waals surface area contributed by atoms with E-state index in [2.05, 4.69) is 5.32 Å². The monoisotopic (exact) mass is 213 g/mol. The second-order valence-corrected chi connectivity index (χ2v) is 4.62. The molecule has 2 atom stereocenters. The second-order valence-electron chi connectivity index (χ2n) is 4.62. The molecule has 1 rings (SSSR count). The van der Waals surface area contributed by atoms with Gasteiger partial charge in [0, 0.05) is 6.54 Å². The Labute approximate surface area is 90.0 Å². The standard InChI is InChI=1S/C11H19NO3/c1-7(2)6-12-10(13)8-4-3-5-9(8)11(14)15/h7-9H,3-6H2,1-2H3,(H,12,13)(H,14,15)/t8-,9+/m1/s1. The predicted molar refractivity (Wildman–Crippen MR) is 56.3 cm³/mol. The summed E-state index contributed by atoms with van der Waals surface area (Å²) in [4.78, 5) is 22.6. The van der Waals surface area contributed by atoms with Crippen LogP contribution < -0.4 is 5.32 Å². The molecule has 0 aromatic carbocycles. The van der Waals surface area contributed by atoms with E-state index in [0.29, 0.717) is 25.3 Å². The molecule has 0 aliphatic heterocycles. The zero-order valence-electron chi connectivity index (χ0n) is 9.32. The van der Waals surface area contributed by atoms with Crippen LogP contribution >= 0.6 is 0 Å². The topological polar surface area (TPSA) is 66.4 Å². The number of hydrogen-bond acceptors (Lipinski definition) is 2. The molecule has 0 radical (unpaired) electrons. The van der Waals surface area contributed by atoms with Gasteiger partial charge in [0.2, 0.25) is 5.91 Å². The third-order valence-corrected chi connectivity index (χ3v) is 2.85. The number of amides is 1. The number of aliphatic carboxylic acids is 1. The van der Waals surface area contributed by atoms with Gasteiger partial charge in [-0.3, -0.25) is 9.59 Å². The van der Waals surface area contributed by atoms with Crippen molar-refractivity contribution in [3.05, 3.63) is 0 Å². The third-order valence-electron chi connectivity index (χ3n) is 2.85. The van der Waals surface area contributed by atoms with E-state index >= 15 is 0 Å². The van der Waals surface area contributed by atoms with Gasteiger partial charge in [0.25, 0.3) is 0 Å². The van der Waals surface area contributed by atoms with Gasteiger partial charge < -0.3 is 10.4 Å². The molecule has 15 heavy (non-hydrogen) atoms. The van der Waals surface area contributed by atoms with Crippen LogP contribution in [0.25, 0.3) is 0 Å². The summed E-state index contributed by atoms with van der Waals surface area (Å²) in [5, 5.41) is 11.7. The van der Waals surface area contributed by atoms with Crippen LogP contribution in [0.2, 0.25) is 0 Å². The molecule has 1 aliphatic rings. The lowest BCUT2D eigenvalue weighted by Crippen LogP contribution is -2.36. The zero-order valence-corrected chi connectivity index (χ0v) is 9.32. The summed E-state index contributed by atoms with van der Waals surface area (Å²) in [5.41, 5.74) is 0. The van der Waals surface area contributed by atoms with E-state index < -0.39 is 11.9 Å². The van der Waals surface area contributed by atoms with Crippen molar-refractivity contribution >= 4 is 11.9 Å². The summed E-state index contributed by atoms with van der Waals surface area (Å²) in [5.74, 6) is -1.32. The number of hydrogen-bond donors (Lipinski definition) is 2. The van der Waals surface area contributed by atoms with E-state index in [1.54, 1.807) is 0 Å². The van der Waals surface area contributed by atoms with Crippen molar-refractivity contribution in [2.45, 2.75) is 33.1 Å². The average molecular weight is 213 g/mol. The van der Waals surface area contributed by atoms with E-state index in [4.69, 9.17) is 5.11 Å². The summed E-state index contributed by atoms with van der Waals surface area (Å²) in [6, 6.07) is 0. The summed E-state index contributed by atoms with van der Waals surface area (Å²) in [6.45, 7) is 4.66. The molecular weight excluding hydrogens is 194 g/mol. The molecule has 1 fully saturated rings. The largest absolute Gasteiger partial charge is 0.481 e. The molecule has 86 valence electrons. The van der Waals surface area contributed by atoms with Crippen LogP contribution in [0.3, 0.4) is 0 Å². The van der Waals surface area contributed by atoms with Crippen molar-refractivity contribution in [3.63, 3.8) is 0 Å². The molecule has 1 saturated carbocycles. The lowest BCUT2D eigenvalue weighted by molar-refractivity contribution is -0.146. The van der Waals surface area contributed by atoms with Crippen LogP contribution in [0.5, 0.6) is 0 Å². The number of nitrogens with one attached hydrogen (secondary N) is 1. The summed E-state index contributed by atoms with van der Waals surface area (Å²) in [6.07, 6.45) is 2.19. The van der Waals surface area contributed by atoms with Gasteiger partial charge in [-0.05, 0) is 18.8 Å². The number of carboxylic acids is 1. The Bertz CT molecular complexity index is 250. The summed E-state index contributed by atoms with van der Waals surface area (Å²) >= 11 is 0. The van der Waals surface area contributed by atoms with Crippen LogP contribution in [0.1, 0.15) is 33.1 Å². The number of rotatable bonds is 4. The van der Waals surface area contributed by atoms with Gasteiger partial charge in [0.1, 0.15) is 0 Å². The minimum Gasteiger partial charge on any atom is -0.481 e. The van der Waals surface area contributed by atoms with Crippen molar-refractivity contribution in [3.8, 4) is 0 Å². The highest BCUT2D eigenvalue weighted by Crippen LogP contribution is 2.31. The van der Waals surface area contributed by atoms with Crippen molar-refractivity contribution in [1.82, 2.24) is 5.32 Å². The van der Waals surface area contributed by atoms with E-state index in [1.165, 1.54) is 0 Å². The number of carboxylic acid groups (broad SMARTS) is 1. The van der Waals surface area contributed by atoms with E-state index in [9.17, 15) is 9.59 Å². The SMILES string of the molecule is CC(C)CNC(=O)[C@@H]1CCC[C@@H]1C(=O)O. The Kier molecular flexibility index (Phi) is 4.12. The van der Waals surface area contributed by atoms with Gasteiger partial charge in [-0.1, -0.05) is 20.3 Å². The zero-order chi connectivity index (χ0) is 11.4. The molecule has 0 heterocycles. The number of carbonyl (C=O) groups is 2. The molecule has 0 aromatic rings. The smallest absolute Gasteiger partial charge is 0.307 e.